The van der Waals surface area contributed by atoms with Gasteiger partial charge in [-0.05, 0) is 31.0 Å². The molecule has 0 saturated heterocycles. The molecule has 1 rings (SSSR count). The van der Waals surface area contributed by atoms with Crippen molar-refractivity contribution in [2.24, 2.45) is 0 Å². The highest BCUT2D eigenvalue weighted by Gasteiger charge is 2.26. The molecule has 0 heterocycles. The molecule has 0 aliphatic carbocycles. The summed E-state index contributed by atoms with van der Waals surface area (Å²) in [6.45, 7) is 4.24. The van der Waals surface area contributed by atoms with Crippen molar-refractivity contribution in [1.29, 1.82) is 0 Å². The van der Waals surface area contributed by atoms with Crippen LogP contribution in [0.5, 0.6) is 5.75 Å². The highest BCUT2D eigenvalue weighted by atomic mass is 32.2. The van der Waals surface area contributed by atoms with E-state index in [-0.39, 0.29) is 11.5 Å². The number of hydrogen-bond donors (Lipinski definition) is 1. The Bertz CT molecular complexity index is 513. The third-order valence-corrected chi connectivity index (χ3v) is 4.85. The second-order valence-electron chi connectivity index (χ2n) is 4.23. The first-order valence-electron chi connectivity index (χ1n) is 6.23. The van der Waals surface area contributed by atoms with Gasteiger partial charge in [0, 0.05) is 19.7 Å². The fourth-order valence-corrected chi connectivity index (χ4v) is 3.55. The van der Waals surface area contributed by atoms with Gasteiger partial charge in [-0.3, -0.25) is 0 Å². The topological polar surface area (TPSA) is 66.8 Å². The first-order valence-corrected chi connectivity index (χ1v) is 7.67. The van der Waals surface area contributed by atoms with E-state index < -0.39 is 10.0 Å². The van der Waals surface area contributed by atoms with Crippen molar-refractivity contribution < 1.29 is 18.3 Å². The van der Waals surface area contributed by atoms with Gasteiger partial charge >= 0.3 is 0 Å². The van der Waals surface area contributed by atoms with Crippen LogP contribution >= 0.6 is 0 Å². The zero-order valence-electron chi connectivity index (χ0n) is 11.6. The standard InChI is InChI=1S/C13H21NO4S/c1-4-14(8-5-9-15)19(16,17)13-10-11(2)6-7-12(13)18-3/h6-7,10,15H,4-5,8-9H2,1-3H3. The van der Waals surface area contributed by atoms with Crippen LogP contribution in [-0.2, 0) is 10.0 Å². The van der Waals surface area contributed by atoms with Crippen LogP contribution in [0.25, 0.3) is 0 Å². The summed E-state index contributed by atoms with van der Waals surface area (Å²) in [7, 11) is -2.14. The van der Waals surface area contributed by atoms with Crippen LogP contribution in [0, 0.1) is 6.92 Å². The maximum Gasteiger partial charge on any atom is 0.246 e. The molecular formula is C13H21NO4S. The summed E-state index contributed by atoms with van der Waals surface area (Å²) < 4.78 is 31.6. The number of hydrogen-bond acceptors (Lipinski definition) is 4. The number of rotatable bonds is 7. The van der Waals surface area contributed by atoms with E-state index in [0.29, 0.717) is 25.3 Å². The van der Waals surface area contributed by atoms with Crippen LogP contribution in [0.15, 0.2) is 23.1 Å². The molecule has 0 aliphatic rings. The largest absolute Gasteiger partial charge is 0.495 e. The highest BCUT2D eigenvalue weighted by molar-refractivity contribution is 7.89. The number of aryl methyl sites for hydroxylation is 1. The molecule has 0 saturated carbocycles. The lowest BCUT2D eigenvalue weighted by atomic mass is 10.2. The Morgan fingerprint density at radius 2 is 2.05 bits per heavy atom. The summed E-state index contributed by atoms with van der Waals surface area (Å²) in [6.07, 6.45) is 0.418. The van der Waals surface area contributed by atoms with E-state index >= 15 is 0 Å². The van der Waals surface area contributed by atoms with Crippen LogP contribution in [-0.4, -0.2) is 44.6 Å². The number of methoxy groups -OCH3 is 1. The van der Waals surface area contributed by atoms with Crippen LogP contribution in [0.1, 0.15) is 18.9 Å². The van der Waals surface area contributed by atoms with Gasteiger partial charge < -0.3 is 9.84 Å². The molecule has 0 spiro atoms. The summed E-state index contributed by atoms with van der Waals surface area (Å²) in [5, 5.41) is 8.85. The van der Waals surface area contributed by atoms with Crippen molar-refractivity contribution in [3.63, 3.8) is 0 Å². The molecule has 0 atom stereocenters. The van der Waals surface area contributed by atoms with E-state index in [0.717, 1.165) is 5.56 Å². The van der Waals surface area contributed by atoms with Crippen molar-refractivity contribution in [2.75, 3.05) is 26.8 Å². The molecule has 5 nitrogen and oxygen atoms in total. The van der Waals surface area contributed by atoms with Crippen molar-refractivity contribution in [1.82, 2.24) is 4.31 Å². The number of nitrogens with zero attached hydrogens (tertiary/aromatic N) is 1. The molecule has 0 aliphatic heterocycles. The molecule has 1 N–H and O–H groups in total. The second kappa shape index (κ2) is 6.88. The SMILES string of the molecule is CCN(CCCO)S(=O)(=O)c1cc(C)ccc1OC. The van der Waals surface area contributed by atoms with Gasteiger partial charge in [-0.15, -0.1) is 0 Å². The summed E-state index contributed by atoms with van der Waals surface area (Å²) >= 11 is 0. The van der Waals surface area contributed by atoms with E-state index in [9.17, 15) is 8.42 Å². The molecule has 0 amide bonds. The van der Waals surface area contributed by atoms with Crippen LogP contribution in [0.4, 0.5) is 0 Å². The molecule has 0 bridgehead atoms. The van der Waals surface area contributed by atoms with E-state index in [1.165, 1.54) is 11.4 Å². The number of ether oxygens (including phenoxy) is 1. The predicted molar refractivity (Wildman–Crippen MR) is 73.9 cm³/mol. The lowest BCUT2D eigenvalue weighted by Crippen LogP contribution is -2.32. The molecule has 1 aromatic rings. The number of aliphatic hydroxyl groups excluding tert-OH is 1. The van der Waals surface area contributed by atoms with E-state index in [4.69, 9.17) is 9.84 Å². The average molecular weight is 287 g/mol. The molecule has 6 heteroatoms. The molecular weight excluding hydrogens is 266 g/mol. The lowest BCUT2D eigenvalue weighted by molar-refractivity contribution is 0.271. The first kappa shape index (κ1) is 15.9. The molecule has 0 radical (unpaired) electrons. The van der Waals surface area contributed by atoms with Crippen LogP contribution in [0.3, 0.4) is 0 Å². The minimum absolute atomic E-state index is 0.0308. The van der Waals surface area contributed by atoms with Gasteiger partial charge in [-0.2, -0.15) is 4.31 Å². The zero-order valence-corrected chi connectivity index (χ0v) is 12.4. The molecule has 0 aromatic heterocycles. The van der Waals surface area contributed by atoms with Gasteiger partial charge in [0.1, 0.15) is 10.6 Å². The predicted octanol–water partition coefficient (Wildman–Crippen LogP) is 1.40. The summed E-state index contributed by atoms with van der Waals surface area (Å²) in [5.74, 6) is 0.341. The van der Waals surface area contributed by atoms with Gasteiger partial charge in [0.15, 0.2) is 0 Å². The molecule has 108 valence electrons. The fraction of sp³-hybridized carbons (Fsp3) is 0.538. The third kappa shape index (κ3) is 3.68. The smallest absolute Gasteiger partial charge is 0.246 e. The lowest BCUT2D eigenvalue weighted by Gasteiger charge is -2.21. The van der Waals surface area contributed by atoms with E-state index in [1.807, 2.05) is 13.0 Å². The Hall–Kier alpha value is -1.11. The zero-order chi connectivity index (χ0) is 14.5. The fourth-order valence-electron chi connectivity index (χ4n) is 1.82. The van der Waals surface area contributed by atoms with Crippen LogP contribution in [0.2, 0.25) is 0 Å². The minimum Gasteiger partial charge on any atom is -0.495 e. The number of aliphatic hydroxyl groups is 1. The summed E-state index contributed by atoms with van der Waals surface area (Å²) in [6, 6.07) is 5.07. The second-order valence-corrected chi connectivity index (χ2v) is 6.13. The van der Waals surface area contributed by atoms with Crippen molar-refractivity contribution in [2.45, 2.75) is 25.2 Å². The average Bonchev–Trinajstić information content (AvgIpc) is 2.39. The minimum atomic E-state index is -3.59. The normalized spacial score (nSPS) is 11.8. The van der Waals surface area contributed by atoms with Crippen LogP contribution < -0.4 is 4.74 Å². The Labute approximate surface area is 114 Å². The van der Waals surface area contributed by atoms with E-state index in [1.54, 1.807) is 19.1 Å². The van der Waals surface area contributed by atoms with Gasteiger partial charge in [-0.25, -0.2) is 8.42 Å². The Kier molecular flexibility index (Phi) is 5.78. The molecule has 0 unspecified atom stereocenters. The van der Waals surface area contributed by atoms with Gasteiger partial charge in [0.2, 0.25) is 10.0 Å². The number of sulfonamides is 1. The monoisotopic (exact) mass is 287 g/mol. The Morgan fingerprint density at radius 3 is 2.58 bits per heavy atom. The summed E-state index contributed by atoms with van der Waals surface area (Å²) in [5.41, 5.74) is 0.859. The van der Waals surface area contributed by atoms with E-state index in [2.05, 4.69) is 0 Å². The maximum atomic E-state index is 12.6. The van der Waals surface area contributed by atoms with Crippen molar-refractivity contribution in [3.8, 4) is 5.75 Å². The van der Waals surface area contributed by atoms with Crippen molar-refractivity contribution in [3.05, 3.63) is 23.8 Å². The van der Waals surface area contributed by atoms with Gasteiger partial charge in [0.25, 0.3) is 0 Å². The van der Waals surface area contributed by atoms with Crippen molar-refractivity contribution >= 4 is 10.0 Å². The van der Waals surface area contributed by atoms with Gasteiger partial charge in [-0.1, -0.05) is 13.0 Å². The Morgan fingerprint density at radius 1 is 1.37 bits per heavy atom. The highest BCUT2D eigenvalue weighted by Crippen LogP contribution is 2.27. The number of benzene rings is 1. The third-order valence-electron chi connectivity index (χ3n) is 2.86. The Balaban J connectivity index is 3.20. The molecule has 19 heavy (non-hydrogen) atoms. The maximum absolute atomic E-state index is 12.6. The summed E-state index contributed by atoms with van der Waals surface area (Å²) in [4.78, 5) is 0.176. The first-order chi connectivity index (χ1) is 8.97. The molecule has 0 fully saturated rings. The molecule has 1 aromatic carbocycles. The van der Waals surface area contributed by atoms with Gasteiger partial charge in [0.05, 0.1) is 7.11 Å². The quantitative estimate of drug-likeness (QED) is 0.823.